The molecule has 1 amide bonds. The molecule has 1 aromatic carbocycles. The molecule has 1 aliphatic rings. The molecule has 0 fully saturated rings. The molecule has 1 aliphatic heterocycles. The Morgan fingerprint density at radius 1 is 1.33 bits per heavy atom. The van der Waals surface area contributed by atoms with Crippen molar-refractivity contribution in [1.82, 2.24) is 0 Å². The van der Waals surface area contributed by atoms with Crippen LogP contribution >= 0.6 is 0 Å². The van der Waals surface area contributed by atoms with Gasteiger partial charge in [-0.15, -0.1) is 0 Å². The van der Waals surface area contributed by atoms with Crippen LogP contribution in [0.1, 0.15) is 52.1 Å². The minimum atomic E-state index is -0.368. The number of anilines is 1. The number of fused-ring (bicyclic) bond motifs is 1. The van der Waals surface area contributed by atoms with E-state index in [9.17, 15) is 4.79 Å². The molecule has 21 heavy (non-hydrogen) atoms. The van der Waals surface area contributed by atoms with Gasteiger partial charge in [0.1, 0.15) is 5.75 Å². The van der Waals surface area contributed by atoms with Gasteiger partial charge in [-0.25, -0.2) is 0 Å². The summed E-state index contributed by atoms with van der Waals surface area (Å²) < 4.78 is 5.81. The van der Waals surface area contributed by atoms with Crippen LogP contribution in [0.15, 0.2) is 18.2 Å². The lowest BCUT2D eigenvalue weighted by atomic mass is 9.96. The van der Waals surface area contributed by atoms with Gasteiger partial charge in [0.15, 0.2) is 6.10 Å². The highest BCUT2D eigenvalue weighted by atomic mass is 16.5. The van der Waals surface area contributed by atoms with Crippen LogP contribution in [0.4, 0.5) is 5.69 Å². The summed E-state index contributed by atoms with van der Waals surface area (Å²) in [7, 11) is 0. The Morgan fingerprint density at radius 2 is 2.05 bits per heavy atom. The molecule has 0 saturated carbocycles. The number of amides is 1. The molecule has 0 saturated heterocycles. The largest absolute Gasteiger partial charge is 0.478 e. The molecule has 1 aromatic rings. The zero-order valence-corrected chi connectivity index (χ0v) is 13.4. The molecule has 4 heteroatoms. The molecule has 0 aromatic heterocycles. The van der Waals surface area contributed by atoms with Gasteiger partial charge in [0.2, 0.25) is 0 Å². The number of carbonyl (C=O) groups excluding carboxylic acids is 1. The van der Waals surface area contributed by atoms with E-state index in [1.165, 1.54) is 0 Å². The summed E-state index contributed by atoms with van der Waals surface area (Å²) in [6.07, 6.45) is 1.24. The van der Waals surface area contributed by atoms with Crippen LogP contribution in [0, 0.1) is 5.92 Å². The summed E-state index contributed by atoms with van der Waals surface area (Å²) in [5.74, 6) is 1.37. The fourth-order valence-corrected chi connectivity index (χ4v) is 2.80. The van der Waals surface area contributed by atoms with E-state index in [-0.39, 0.29) is 18.1 Å². The number of nitrogens with two attached hydrogens (primary N) is 1. The standard InChI is InChI=1S/C17H26N2O2/c1-5-15-17(20)19(6-2)14-10-12(7-8-16(14)21-15)13(18)9-11(3)4/h7-8,10-11,13,15H,5-6,9,18H2,1-4H3. The summed E-state index contributed by atoms with van der Waals surface area (Å²) in [6, 6.07) is 5.97. The van der Waals surface area contributed by atoms with Crippen LogP contribution < -0.4 is 15.4 Å². The van der Waals surface area contributed by atoms with Crippen molar-refractivity contribution in [2.24, 2.45) is 11.7 Å². The maximum Gasteiger partial charge on any atom is 0.268 e. The van der Waals surface area contributed by atoms with E-state index in [1.54, 1.807) is 4.90 Å². The first-order valence-electron chi connectivity index (χ1n) is 7.85. The number of benzene rings is 1. The average Bonchev–Trinajstić information content (AvgIpc) is 2.45. The van der Waals surface area contributed by atoms with Crippen LogP contribution in [0.3, 0.4) is 0 Å². The van der Waals surface area contributed by atoms with E-state index in [0.29, 0.717) is 18.9 Å². The Bertz CT molecular complexity index is 514. The molecular formula is C17H26N2O2. The van der Waals surface area contributed by atoms with Gasteiger partial charge < -0.3 is 15.4 Å². The summed E-state index contributed by atoms with van der Waals surface area (Å²) in [4.78, 5) is 14.2. The summed E-state index contributed by atoms with van der Waals surface area (Å²) in [5, 5.41) is 0. The van der Waals surface area contributed by atoms with Gasteiger partial charge in [0, 0.05) is 12.6 Å². The normalized spacial score (nSPS) is 19.4. The molecule has 0 bridgehead atoms. The monoisotopic (exact) mass is 290 g/mol. The van der Waals surface area contributed by atoms with Crippen molar-refractivity contribution in [3.05, 3.63) is 23.8 Å². The molecule has 1 heterocycles. The summed E-state index contributed by atoms with van der Waals surface area (Å²) >= 11 is 0. The van der Waals surface area contributed by atoms with Gasteiger partial charge in [-0.3, -0.25) is 4.79 Å². The first-order chi connectivity index (χ1) is 9.97. The lowest BCUT2D eigenvalue weighted by molar-refractivity contribution is -0.126. The van der Waals surface area contributed by atoms with E-state index in [2.05, 4.69) is 13.8 Å². The van der Waals surface area contributed by atoms with E-state index in [4.69, 9.17) is 10.5 Å². The van der Waals surface area contributed by atoms with E-state index in [1.807, 2.05) is 32.0 Å². The predicted molar refractivity (Wildman–Crippen MR) is 85.6 cm³/mol. The van der Waals surface area contributed by atoms with Crippen molar-refractivity contribution in [2.75, 3.05) is 11.4 Å². The molecule has 2 rings (SSSR count). The molecule has 2 unspecified atom stereocenters. The SMILES string of the molecule is CCC1Oc2ccc(C(N)CC(C)C)cc2N(CC)C1=O. The highest BCUT2D eigenvalue weighted by Gasteiger charge is 2.32. The number of ether oxygens (including phenoxy) is 1. The molecule has 0 radical (unpaired) electrons. The summed E-state index contributed by atoms with van der Waals surface area (Å²) in [5.41, 5.74) is 8.17. The van der Waals surface area contributed by atoms with Crippen molar-refractivity contribution >= 4 is 11.6 Å². The number of hydrogen-bond donors (Lipinski definition) is 1. The molecular weight excluding hydrogens is 264 g/mol. The van der Waals surface area contributed by atoms with Gasteiger partial charge in [-0.2, -0.15) is 0 Å². The minimum Gasteiger partial charge on any atom is -0.478 e. The fraction of sp³-hybridized carbons (Fsp3) is 0.588. The number of likely N-dealkylation sites (N-methyl/N-ethyl adjacent to an activating group) is 1. The van der Waals surface area contributed by atoms with E-state index in [0.717, 1.165) is 23.4 Å². The second kappa shape index (κ2) is 6.48. The molecule has 2 atom stereocenters. The highest BCUT2D eigenvalue weighted by molar-refractivity contribution is 6.00. The van der Waals surface area contributed by atoms with Crippen LogP contribution in [0.25, 0.3) is 0 Å². The van der Waals surface area contributed by atoms with Crippen molar-refractivity contribution in [2.45, 2.75) is 52.7 Å². The predicted octanol–water partition coefficient (Wildman–Crippen LogP) is 3.26. The molecule has 116 valence electrons. The van der Waals surface area contributed by atoms with Crippen molar-refractivity contribution in [1.29, 1.82) is 0 Å². The molecule has 4 nitrogen and oxygen atoms in total. The first kappa shape index (κ1) is 15.8. The second-order valence-electron chi connectivity index (χ2n) is 6.06. The Kier molecular flexibility index (Phi) is 4.88. The topological polar surface area (TPSA) is 55.6 Å². The van der Waals surface area contributed by atoms with Crippen molar-refractivity contribution < 1.29 is 9.53 Å². The third-order valence-electron chi connectivity index (χ3n) is 3.92. The third-order valence-corrected chi connectivity index (χ3v) is 3.92. The zero-order valence-electron chi connectivity index (χ0n) is 13.4. The van der Waals surface area contributed by atoms with Gasteiger partial charge >= 0.3 is 0 Å². The van der Waals surface area contributed by atoms with Crippen LogP contribution in [-0.2, 0) is 4.79 Å². The lowest BCUT2D eigenvalue weighted by Gasteiger charge is -2.34. The quantitative estimate of drug-likeness (QED) is 0.905. The van der Waals surface area contributed by atoms with Crippen LogP contribution in [0.2, 0.25) is 0 Å². The third kappa shape index (κ3) is 3.21. The number of rotatable bonds is 5. The summed E-state index contributed by atoms with van der Waals surface area (Å²) in [6.45, 7) is 8.92. The maximum absolute atomic E-state index is 12.4. The first-order valence-corrected chi connectivity index (χ1v) is 7.85. The van der Waals surface area contributed by atoms with Gasteiger partial charge in [0.05, 0.1) is 5.69 Å². The Balaban J connectivity index is 2.34. The highest BCUT2D eigenvalue weighted by Crippen LogP contribution is 2.37. The Labute approximate surface area is 127 Å². The number of hydrogen-bond acceptors (Lipinski definition) is 3. The fourth-order valence-electron chi connectivity index (χ4n) is 2.80. The number of nitrogens with zero attached hydrogens (tertiary/aromatic N) is 1. The zero-order chi connectivity index (χ0) is 15.6. The number of carbonyl (C=O) groups is 1. The smallest absolute Gasteiger partial charge is 0.268 e. The van der Waals surface area contributed by atoms with Crippen LogP contribution in [-0.4, -0.2) is 18.6 Å². The maximum atomic E-state index is 12.4. The minimum absolute atomic E-state index is 0.00648. The molecule has 0 aliphatic carbocycles. The second-order valence-corrected chi connectivity index (χ2v) is 6.06. The van der Waals surface area contributed by atoms with E-state index >= 15 is 0 Å². The molecule has 0 spiro atoms. The van der Waals surface area contributed by atoms with Crippen molar-refractivity contribution in [3.8, 4) is 5.75 Å². The van der Waals surface area contributed by atoms with Gasteiger partial charge in [-0.05, 0) is 43.4 Å². The molecule has 2 N–H and O–H groups in total. The van der Waals surface area contributed by atoms with Gasteiger partial charge in [0.25, 0.3) is 5.91 Å². The lowest BCUT2D eigenvalue weighted by Crippen LogP contribution is -2.45. The Hall–Kier alpha value is -1.55. The van der Waals surface area contributed by atoms with Gasteiger partial charge in [-0.1, -0.05) is 26.8 Å². The Morgan fingerprint density at radius 3 is 2.62 bits per heavy atom. The average molecular weight is 290 g/mol. The van der Waals surface area contributed by atoms with Crippen LogP contribution in [0.5, 0.6) is 5.75 Å². The van der Waals surface area contributed by atoms with E-state index < -0.39 is 0 Å². The van der Waals surface area contributed by atoms with Crippen molar-refractivity contribution in [3.63, 3.8) is 0 Å².